The second-order valence-electron chi connectivity index (χ2n) is 16.7. The summed E-state index contributed by atoms with van der Waals surface area (Å²) in [4.78, 5) is 52.6. The zero-order valence-corrected chi connectivity index (χ0v) is 34.1. The van der Waals surface area contributed by atoms with E-state index in [-0.39, 0.29) is 0 Å². The highest BCUT2D eigenvalue weighted by atomic mass is 27.3. The van der Waals surface area contributed by atoms with Crippen LogP contribution in [0.4, 0.5) is 0 Å². The standard InChI is InChI=1S/3C14H18N2O2.Al/c3*1-13(2,14(3,15)12(17)18)10-8-16-11-7-5-4-6-9(10)11;/h3*4-8,16H,15H2,1-3H3,(H,17,18);/q;;;+3/p-3/t3*14-;/m111./s1. The Labute approximate surface area is 325 Å². The Morgan fingerprint density at radius 3 is 0.945 bits per heavy atom. The molecule has 0 bridgehead atoms. The Morgan fingerprint density at radius 1 is 0.455 bits per heavy atom. The molecule has 6 rings (SSSR count). The fourth-order valence-corrected chi connectivity index (χ4v) is 8.48. The quantitative estimate of drug-likeness (QED) is 0.0793. The SMILES string of the molecule is CC(C)(c1c[nH]c2ccccc12)[C@](C)(N)C(=O)[O][Al]([O]C(=O)[C@@](C)(N)C(C)(C)c1c[nH]c2ccccc12)[O]C(=O)[C@@](C)(N)C(C)(C)c1c[nH]c2ccccc12. The van der Waals surface area contributed by atoms with Gasteiger partial charge in [0, 0.05) is 67.5 Å². The van der Waals surface area contributed by atoms with Crippen molar-refractivity contribution in [2.75, 3.05) is 0 Å². The Balaban J connectivity index is 1.34. The number of benzene rings is 3. The van der Waals surface area contributed by atoms with E-state index >= 15 is 0 Å². The van der Waals surface area contributed by atoms with Gasteiger partial charge in [0.1, 0.15) is 16.6 Å². The summed E-state index contributed by atoms with van der Waals surface area (Å²) in [5.74, 6) is -2.82. The number of hydrogen-bond acceptors (Lipinski definition) is 9. The van der Waals surface area contributed by atoms with Crippen molar-refractivity contribution in [3.05, 3.63) is 108 Å². The molecule has 0 spiro atoms. The van der Waals surface area contributed by atoms with Gasteiger partial charge < -0.3 is 43.5 Å². The second-order valence-corrected chi connectivity index (χ2v) is 18.0. The van der Waals surface area contributed by atoms with Gasteiger partial charge in [0.2, 0.25) is 0 Å². The lowest BCUT2D eigenvalue weighted by Crippen LogP contribution is -2.64. The van der Waals surface area contributed by atoms with Crippen LogP contribution in [0.15, 0.2) is 91.4 Å². The highest BCUT2D eigenvalue weighted by molar-refractivity contribution is 6.45. The van der Waals surface area contributed by atoms with Crippen molar-refractivity contribution in [1.82, 2.24) is 15.0 Å². The lowest BCUT2D eigenvalue weighted by atomic mass is 9.69. The predicted octanol–water partition coefficient (Wildman–Crippen LogP) is 6.13. The summed E-state index contributed by atoms with van der Waals surface area (Å²) in [6.07, 6.45) is 5.41. The van der Waals surface area contributed by atoms with Gasteiger partial charge in [0.15, 0.2) is 0 Å². The summed E-state index contributed by atoms with van der Waals surface area (Å²) >= 11 is -4.12. The summed E-state index contributed by atoms with van der Waals surface area (Å²) in [5.41, 5.74) is 17.3. The third-order valence-corrected chi connectivity index (χ3v) is 13.8. The molecule has 0 unspecified atom stereocenters. The largest absolute Gasteiger partial charge is 1.20 e. The van der Waals surface area contributed by atoms with Crippen LogP contribution < -0.4 is 17.2 Å². The van der Waals surface area contributed by atoms with Gasteiger partial charge >= 0.3 is 15.1 Å². The summed E-state index contributed by atoms with van der Waals surface area (Å²) < 4.78 is 17.8. The van der Waals surface area contributed by atoms with Crippen LogP contribution in [0.5, 0.6) is 0 Å². The van der Waals surface area contributed by atoms with Crippen LogP contribution in [0.1, 0.15) is 79.0 Å². The van der Waals surface area contributed by atoms with E-state index in [1.807, 2.05) is 114 Å². The average molecular weight is 763 g/mol. The number of carbonyl (C=O) groups is 3. The van der Waals surface area contributed by atoms with Crippen molar-refractivity contribution < 1.29 is 25.7 Å². The van der Waals surface area contributed by atoms with Crippen molar-refractivity contribution in [3.63, 3.8) is 0 Å². The smallest absolute Gasteiger partial charge is 0.549 e. The van der Waals surface area contributed by atoms with E-state index in [1.165, 1.54) is 20.8 Å². The van der Waals surface area contributed by atoms with Crippen molar-refractivity contribution in [2.24, 2.45) is 17.2 Å². The van der Waals surface area contributed by atoms with Crippen molar-refractivity contribution in [1.29, 1.82) is 0 Å². The molecule has 12 nitrogen and oxygen atoms in total. The number of H-pyrrole nitrogens is 3. The summed E-state index contributed by atoms with van der Waals surface area (Å²) in [5, 5.41) is 2.63. The molecule has 0 aliphatic heterocycles. The Bertz CT molecular complexity index is 2150. The van der Waals surface area contributed by atoms with Crippen molar-refractivity contribution in [3.8, 4) is 0 Å². The van der Waals surface area contributed by atoms with Gasteiger partial charge in [-0.05, 0) is 55.7 Å². The Kier molecular flexibility index (Phi) is 9.90. The molecule has 0 amide bonds. The number of para-hydroxylation sites is 3. The molecule has 3 atom stereocenters. The molecule has 3 aromatic carbocycles. The lowest BCUT2D eigenvalue weighted by molar-refractivity contribution is -0.157. The topological polar surface area (TPSA) is 204 Å². The molecule has 9 N–H and O–H groups in total. The molecule has 0 saturated heterocycles. The Morgan fingerprint density at radius 2 is 0.691 bits per heavy atom. The zero-order chi connectivity index (χ0) is 40.4. The van der Waals surface area contributed by atoms with E-state index in [0.717, 1.165) is 49.4 Å². The molecule has 6 aromatic rings. The molecule has 3 aromatic heterocycles. The number of aromatic nitrogens is 3. The monoisotopic (exact) mass is 762 g/mol. The summed E-state index contributed by atoms with van der Waals surface area (Å²) in [7, 11) is 0. The molecule has 0 radical (unpaired) electrons. The van der Waals surface area contributed by atoms with E-state index in [9.17, 15) is 14.4 Å². The molecular formula is C42H51AlN6O6. The van der Waals surface area contributed by atoms with E-state index in [2.05, 4.69) is 15.0 Å². The first-order chi connectivity index (χ1) is 25.6. The molecule has 13 heteroatoms. The van der Waals surface area contributed by atoms with Gasteiger partial charge in [-0.2, -0.15) is 0 Å². The minimum absolute atomic E-state index is 0.766. The molecular weight excluding hydrogens is 711 g/mol. The van der Waals surface area contributed by atoms with Gasteiger partial charge in [-0.25, -0.2) is 0 Å². The van der Waals surface area contributed by atoms with E-state index in [1.54, 1.807) is 18.6 Å². The number of aromatic amines is 3. The van der Waals surface area contributed by atoms with Crippen LogP contribution in [-0.2, 0) is 42.0 Å². The first-order valence-electron chi connectivity index (χ1n) is 18.3. The molecule has 55 heavy (non-hydrogen) atoms. The maximum Gasteiger partial charge on any atom is 1.20 e. The van der Waals surface area contributed by atoms with Gasteiger partial charge in [0.05, 0.1) is 0 Å². The van der Waals surface area contributed by atoms with E-state index in [0.29, 0.717) is 0 Å². The second kappa shape index (κ2) is 13.7. The fourth-order valence-electron chi connectivity index (χ4n) is 7.07. The minimum Gasteiger partial charge on any atom is -0.549 e. The highest BCUT2D eigenvalue weighted by Crippen LogP contribution is 2.41. The van der Waals surface area contributed by atoms with Crippen LogP contribution in [0.3, 0.4) is 0 Å². The van der Waals surface area contributed by atoms with E-state index < -0.39 is 65.9 Å². The molecule has 288 valence electrons. The fraction of sp³-hybridized carbons (Fsp3) is 0.357. The number of nitrogens with two attached hydrogens (primary N) is 3. The third-order valence-electron chi connectivity index (χ3n) is 12.6. The van der Waals surface area contributed by atoms with Gasteiger partial charge in [-0.3, -0.25) is 14.4 Å². The lowest BCUT2D eigenvalue weighted by Gasteiger charge is -2.42. The summed E-state index contributed by atoms with van der Waals surface area (Å²) in [6, 6.07) is 23.0. The van der Waals surface area contributed by atoms with Gasteiger partial charge in [-0.1, -0.05) is 96.1 Å². The molecule has 0 fully saturated rings. The molecule has 3 heterocycles. The van der Waals surface area contributed by atoms with Crippen LogP contribution in [0.2, 0.25) is 0 Å². The minimum atomic E-state index is -4.12. The number of rotatable bonds is 12. The Hall–Kier alpha value is -4.90. The van der Waals surface area contributed by atoms with Crippen LogP contribution in [0.25, 0.3) is 32.7 Å². The van der Waals surface area contributed by atoms with Crippen molar-refractivity contribution >= 4 is 65.8 Å². The summed E-state index contributed by atoms with van der Waals surface area (Å²) in [6.45, 7) is 15.5. The number of fused-ring (bicyclic) bond motifs is 3. The van der Waals surface area contributed by atoms with Crippen molar-refractivity contribution in [2.45, 2.75) is 95.2 Å². The normalized spacial score (nSPS) is 15.9. The number of carbonyl (C=O) groups excluding carboxylic acids is 3. The maximum atomic E-state index is 14.3. The molecule has 0 aliphatic carbocycles. The maximum absolute atomic E-state index is 14.3. The predicted molar refractivity (Wildman–Crippen MR) is 216 cm³/mol. The molecule has 0 aliphatic rings. The van der Waals surface area contributed by atoms with E-state index in [4.69, 9.17) is 28.6 Å². The number of nitrogens with one attached hydrogen (secondary N) is 3. The van der Waals surface area contributed by atoms with Crippen LogP contribution in [0, 0.1) is 0 Å². The third kappa shape index (κ3) is 6.44. The first-order valence-corrected chi connectivity index (χ1v) is 19.7. The molecule has 0 saturated carbocycles. The average Bonchev–Trinajstić information content (AvgIpc) is 3.88. The van der Waals surface area contributed by atoms with Crippen LogP contribution in [-0.4, -0.2) is 64.6 Å². The van der Waals surface area contributed by atoms with Gasteiger partial charge in [0.25, 0.3) is 17.9 Å². The van der Waals surface area contributed by atoms with Crippen LogP contribution >= 0.6 is 0 Å². The zero-order valence-electron chi connectivity index (χ0n) is 32.9. The highest BCUT2D eigenvalue weighted by Gasteiger charge is 2.60. The van der Waals surface area contributed by atoms with Gasteiger partial charge in [-0.15, -0.1) is 0 Å². The first kappa shape index (κ1) is 39.8. The number of hydrogen-bond donors (Lipinski definition) is 6.